The first-order valence-electron chi connectivity index (χ1n) is 7.92. The molecule has 0 radical (unpaired) electrons. The molecule has 0 aliphatic carbocycles. The smallest absolute Gasteiger partial charge is 0.271 e. The van der Waals surface area contributed by atoms with Crippen LogP contribution in [0.5, 0.6) is 0 Å². The van der Waals surface area contributed by atoms with Crippen LogP contribution in [0, 0.1) is 4.77 Å². The lowest BCUT2D eigenvalue weighted by Crippen LogP contribution is -2.26. The molecule has 2 aromatic heterocycles. The normalized spacial score (nSPS) is 11.3. The van der Waals surface area contributed by atoms with Crippen molar-refractivity contribution in [2.24, 2.45) is 7.05 Å². The summed E-state index contributed by atoms with van der Waals surface area (Å²) in [7, 11) is -1.80. The van der Waals surface area contributed by atoms with E-state index in [2.05, 4.69) is 20.2 Å². The number of thiophene rings is 1. The molecule has 0 saturated heterocycles. The molecule has 11 heteroatoms. The number of hydrogen-bond acceptors (Lipinski definition) is 6. The Hall–Kier alpha value is -2.50. The molecule has 3 N–H and O–H groups in total. The zero-order valence-electron chi connectivity index (χ0n) is 14.3. The maximum absolute atomic E-state index is 12.2. The number of nitrogens with zero attached hydrogens (tertiary/aromatic N) is 2. The van der Waals surface area contributed by atoms with Gasteiger partial charge < -0.3 is 9.88 Å². The molecule has 0 bridgehead atoms. The fourth-order valence-corrected chi connectivity index (χ4v) is 4.51. The number of sulfonamides is 1. The Labute approximate surface area is 165 Å². The lowest BCUT2D eigenvalue weighted by molar-refractivity contribution is 0.0954. The lowest BCUT2D eigenvalue weighted by Gasteiger charge is -2.08. The van der Waals surface area contributed by atoms with Crippen LogP contribution in [-0.2, 0) is 23.5 Å². The molecule has 0 unspecified atom stereocenters. The summed E-state index contributed by atoms with van der Waals surface area (Å²) in [5, 5.41) is 11.3. The van der Waals surface area contributed by atoms with Gasteiger partial charge in [0.05, 0.1) is 0 Å². The van der Waals surface area contributed by atoms with Gasteiger partial charge in [-0.25, -0.2) is 8.42 Å². The molecule has 0 fully saturated rings. The van der Waals surface area contributed by atoms with Crippen LogP contribution in [0.15, 0.2) is 46.0 Å². The van der Waals surface area contributed by atoms with Crippen molar-refractivity contribution in [3.8, 4) is 0 Å². The van der Waals surface area contributed by atoms with Gasteiger partial charge in [0.1, 0.15) is 10.0 Å². The van der Waals surface area contributed by atoms with Crippen LogP contribution in [0.1, 0.15) is 16.2 Å². The topological polar surface area (TPSA) is 109 Å². The molecule has 0 aliphatic rings. The second kappa shape index (κ2) is 8.03. The van der Waals surface area contributed by atoms with Crippen molar-refractivity contribution in [1.29, 1.82) is 0 Å². The number of carbonyl (C=O) groups is 1. The Morgan fingerprint density at radius 2 is 2.04 bits per heavy atom. The van der Waals surface area contributed by atoms with Gasteiger partial charge in [-0.3, -0.25) is 14.6 Å². The largest absolute Gasteiger partial charge is 0.352 e. The Balaban J connectivity index is 1.57. The van der Waals surface area contributed by atoms with Gasteiger partial charge in [-0.1, -0.05) is 6.07 Å². The third-order valence-corrected chi connectivity index (χ3v) is 6.91. The van der Waals surface area contributed by atoms with Gasteiger partial charge in [0.2, 0.25) is 0 Å². The van der Waals surface area contributed by atoms with Crippen molar-refractivity contribution in [3.05, 3.63) is 57.9 Å². The molecule has 1 aromatic carbocycles. The minimum absolute atomic E-state index is 0.234. The predicted molar refractivity (Wildman–Crippen MR) is 106 cm³/mol. The quantitative estimate of drug-likeness (QED) is 0.505. The minimum Gasteiger partial charge on any atom is -0.352 e. The number of hydrogen-bond donors (Lipinski definition) is 3. The molecule has 0 atom stereocenters. The first kappa shape index (κ1) is 19.3. The van der Waals surface area contributed by atoms with E-state index in [1.807, 2.05) is 0 Å². The number of amides is 1. The van der Waals surface area contributed by atoms with Crippen molar-refractivity contribution in [2.45, 2.75) is 10.6 Å². The van der Waals surface area contributed by atoms with Crippen molar-refractivity contribution >= 4 is 45.2 Å². The van der Waals surface area contributed by atoms with Gasteiger partial charge in [0.25, 0.3) is 15.9 Å². The maximum atomic E-state index is 12.2. The Morgan fingerprint density at radius 1 is 1.30 bits per heavy atom. The van der Waals surface area contributed by atoms with E-state index in [-0.39, 0.29) is 10.1 Å². The number of anilines is 1. The molecule has 2 heterocycles. The SMILES string of the molecule is Cn1c(CCNC(=O)c2ccc(NS(=O)(=O)c3cccs3)cc2)n[nH]c1=S. The van der Waals surface area contributed by atoms with Crippen molar-refractivity contribution < 1.29 is 13.2 Å². The van der Waals surface area contributed by atoms with Gasteiger partial charge in [-0.05, 0) is 47.9 Å². The van der Waals surface area contributed by atoms with Gasteiger partial charge in [0, 0.05) is 31.3 Å². The van der Waals surface area contributed by atoms with Gasteiger partial charge in [-0.2, -0.15) is 5.10 Å². The lowest BCUT2D eigenvalue weighted by atomic mass is 10.2. The summed E-state index contributed by atoms with van der Waals surface area (Å²) in [6.07, 6.45) is 0.536. The first-order valence-corrected chi connectivity index (χ1v) is 10.7. The van der Waals surface area contributed by atoms with E-state index in [1.54, 1.807) is 47.3 Å². The van der Waals surface area contributed by atoms with Gasteiger partial charge in [-0.15, -0.1) is 11.3 Å². The highest BCUT2D eigenvalue weighted by Gasteiger charge is 2.15. The number of carbonyl (C=O) groups excluding carboxylic acids is 1. The highest BCUT2D eigenvalue weighted by molar-refractivity contribution is 7.94. The van der Waals surface area contributed by atoms with Crippen molar-refractivity contribution in [2.75, 3.05) is 11.3 Å². The monoisotopic (exact) mass is 423 g/mol. The van der Waals surface area contributed by atoms with Crippen LogP contribution in [0.3, 0.4) is 0 Å². The van der Waals surface area contributed by atoms with E-state index in [0.717, 1.165) is 17.2 Å². The van der Waals surface area contributed by atoms with E-state index in [9.17, 15) is 13.2 Å². The minimum atomic E-state index is -3.60. The molecular weight excluding hydrogens is 406 g/mol. The standard InChI is InChI=1S/C16H17N5O3S3/c1-21-13(18-19-16(21)25)8-9-17-15(22)11-4-6-12(7-5-11)20-27(23,24)14-3-2-10-26-14/h2-7,10,20H,8-9H2,1H3,(H,17,22)(H,19,25). The summed E-state index contributed by atoms with van der Waals surface area (Å²) >= 11 is 6.17. The van der Waals surface area contributed by atoms with E-state index in [1.165, 1.54) is 6.07 Å². The number of rotatable bonds is 7. The second-order valence-corrected chi connectivity index (χ2v) is 8.87. The van der Waals surface area contributed by atoms with Crippen LogP contribution in [-0.4, -0.2) is 35.6 Å². The average Bonchev–Trinajstić information content (AvgIpc) is 3.28. The number of aromatic amines is 1. The number of H-pyrrole nitrogens is 1. The van der Waals surface area contributed by atoms with Crippen LogP contribution >= 0.6 is 23.6 Å². The summed E-state index contributed by atoms with van der Waals surface area (Å²) in [5.41, 5.74) is 0.825. The molecule has 0 saturated carbocycles. The maximum Gasteiger partial charge on any atom is 0.271 e. The predicted octanol–water partition coefficient (Wildman–Crippen LogP) is 2.31. The zero-order valence-corrected chi connectivity index (χ0v) is 16.7. The fourth-order valence-electron chi connectivity index (χ4n) is 2.30. The van der Waals surface area contributed by atoms with Crippen molar-refractivity contribution in [1.82, 2.24) is 20.1 Å². The highest BCUT2D eigenvalue weighted by Crippen LogP contribution is 2.20. The van der Waals surface area contributed by atoms with Crippen LogP contribution in [0.4, 0.5) is 5.69 Å². The van der Waals surface area contributed by atoms with E-state index in [4.69, 9.17) is 12.2 Å². The van der Waals surface area contributed by atoms with Crippen LogP contribution in [0.25, 0.3) is 0 Å². The average molecular weight is 424 g/mol. The van der Waals surface area contributed by atoms with E-state index in [0.29, 0.717) is 29.0 Å². The summed E-state index contributed by atoms with van der Waals surface area (Å²) in [6, 6.07) is 9.44. The van der Waals surface area contributed by atoms with Gasteiger partial charge >= 0.3 is 0 Å². The van der Waals surface area contributed by atoms with Crippen molar-refractivity contribution in [3.63, 3.8) is 0 Å². The third kappa shape index (κ3) is 4.62. The molecule has 142 valence electrons. The summed E-state index contributed by atoms with van der Waals surface area (Å²) in [6.45, 7) is 0.402. The fraction of sp³-hybridized carbons (Fsp3) is 0.188. The second-order valence-electron chi connectivity index (χ2n) is 5.62. The summed E-state index contributed by atoms with van der Waals surface area (Å²) < 4.78 is 29.4. The Morgan fingerprint density at radius 3 is 2.63 bits per heavy atom. The number of nitrogens with one attached hydrogen (secondary N) is 3. The van der Waals surface area contributed by atoms with Crippen LogP contribution in [0.2, 0.25) is 0 Å². The van der Waals surface area contributed by atoms with E-state index < -0.39 is 10.0 Å². The molecule has 1 amide bonds. The molecule has 8 nitrogen and oxygen atoms in total. The molecule has 3 rings (SSSR count). The third-order valence-electron chi connectivity index (χ3n) is 3.77. The van der Waals surface area contributed by atoms with E-state index >= 15 is 0 Å². The molecule has 3 aromatic rings. The summed E-state index contributed by atoms with van der Waals surface area (Å²) in [4.78, 5) is 12.2. The molecule has 0 aliphatic heterocycles. The van der Waals surface area contributed by atoms with Crippen LogP contribution < -0.4 is 10.0 Å². The highest BCUT2D eigenvalue weighted by atomic mass is 32.2. The molecular formula is C16H17N5O3S3. The molecule has 0 spiro atoms. The number of benzene rings is 1. The Bertz CT molecular complexity index is 1080. The van der Waals surface area contributed by atoms with Gasteiger partial charge in [0.15, 0.2) is 4.77 Å². The Kier molecular flexibility index (Phi) is 5.73. The summed E-state index contributed by atoms with van der Waals surface area (Å²) in [5.74, 6) is 0.498. The number of aromatic nitrogens is 3. The molecule has 27 heavy (non-hydrogen) atoms. The zero-order chi connectivity index (χ0) is 19.4. The first-order chi connectivity index (χ1) is 12.9.